The Morgan fingerprint density at radius 1 is 1.10 bits per heavy atom. The Morgan fingerprint density at radius 2 is 1.90 bits per heavy atom. The molecular weight excluding hydrogens is 248 g/mol. The van der Waals surface area contributed by atoms with Gasteiger partial charge >= 0.3 is 0 Å². The molecule has 20 heavy (non-hydrogen) atoms. The van der Waals surface area contributed by atoms with E-state index in [4.69, 9.17) is 0 Å². The highest BCUT2D eigenvalue weighted by Gasteiger charge is 2.15. The van der Waals surface area contributed by atoms with Crippen LogP contribution in [-0.4, -0.2) is 5.91 Å². The minimum Gasteiger partial charge on any atom is -0.379 e. The van der Waals surface area contributed by atoms with Gasteiger partial charge in [-0.2, -0.15) is 0 Å². The van der Waals surface area contributed by atoms with Crippen molar-refractivity contribution in [3.05, 3.63) is 59.7 Å². The van der Waals surface area contributed by atoms with Crippen LogP contribution in [-0.2, 0) is 11.2 Å². The van der Waals surface area contributed by atoms with Crippen LogP contribution in [0.25, 0.3) is 0 Å². The van der Waals surface area contributed by atoms with E-state index in [0.29, 0.717) is 6.42 Å². The summed E-state index contributed by atoms with van der Waals surface area (Å²) in [6, 6.07) is 16.8. The Kier molecular flexibility index (Phi) is 3.42. The van der Waals surface area contributed by atoms with Crippen molar-refractivity contribution >= 4 is 17.3 Å². The number of carbonyl (C=O) groups excluding carboxylic acids is 1. The highest BCUT2D eigenvalue weighted by Crippen LogP contribution is 2.27. The fourth-order valence-electron chi connectivity index (χ4n) is 2.55. The van der Waals surface area contributed by atoms with Gasteiger partial charge in [0.25, 0.3) is 0 Å². The van der Waals surface area contributed by atoms with Crippen LogP contribution in [0.5, 0.6) is 0 Å². The van der Waals surface area contributed by atoms with Crippen molar-refractivity contribution in [2.24, 2.45) is 0 Å². The van der Waals surface area contributed by atoms with Crippen LogP contribution in [0.4, 0.5) is 11.4 Å². The van der Waals surface area contributed by atoms with Crippen LogP contribution in [0.2, 0.25) is 0 Å². The second-order valence-electron chi connectivity index (χ2n) is 5.20. The molecule has 0 radical (unpaired) electrons. The Labute approximate surface area is 119 Å². The highest BCUT2D eigenvalue weighted by molar-refractivity contribution is 5.94. The van der Waals surface area contributed by atoms with Gasteiger partial charge in [-0.25, -0.2) is 0 Å². The molecule has 1 atom stereocenters. The number of carbonyl (C=O) groups is 1. The number of anilines is 2. The van der Waals surface area contributed by atoms with Crippen LogP contribution < -0.4 is 10.6 Å². The zero-order valence-electron chi connectivity index (χ0n) is 11.5. The van der Waals surface area contributed by atoms with Gasteiger partial charge in [0.2, 0.25) is 5.91 Å². The number of hydrogen-bond acceptors (Lipinski definition) is 2. The monoisotopic (exact) mass is 266 g/mol. The summed E-state index contributed by atoms with van der Waals surface area (Å²) in [5.41, 5.74) is 4.50. The zero-order chi connectivity index (χ0) is 13.9. The van der Waals surface area contributed by atoms with Crippen molar-refractivity contribution in [3.8, 4) is 0 Å². The number of amides is 1. The van der Waals surface area contributed by atoms with Crippen molar-refractivity contribution in [3.63, 3.8) is 0 Å². The van der Waals surface area contributed by atoms with Gasteiger partial charge in [-0.05, 0) is 42.7 Å². The Bertz CT molecular complexity index is 622. The van der Waals surface area contributed by atoms with Crippen LogP contribution >= 0.6 is 0 Å². The summed E-state index contributed by atoms with van der Waals surface area (Å²) in [6.07, 6.45) is 1.39. The van der Waals surface area contributed by atoms with Crippen LogP contribution in [0.1, 0.15) is 30.5 Å². The van der Waals surface area contributed by atoms with Gasteiger partial charge in [-0.1, -0.05) is 30.3 Å². The molecule has 0 aromatic heterocycles. The van der Waals surface area contributed by atoms with Gasteiger partial charge < -0.3 is 10.6 Å². The summed E-state index contributed by atoms with van der Waals surface area (Å²) >= 11 is 0. The SMILES string of the molecule is CC(Nc1ccc2c(c1)CCC(=O)N2)c1ccccc1. The molecule has 3 heteroatoms. The molecule has 0 spiro atoms. The van der Waals surface area contributed by atoms with Crippen LogP contribution in [0.3, 0.4) is 0 Å². The Balaban J connectivity index is 1.77. The first-order valence-corrected chi connectivity index (χ1v) is 6.96. The number of fused-ring (bicyclic) bond motifs is 1. The fraction of sp³-hybridized carbons (Fsp3) is 0.235. The molecule has 1 heterocycles. The predicted molar refractivity (Wildman–Crippen MR) is 81.9 cm³/mol. The lowest BCUT2D eigenvalue weighted by molar-refractivity contribution is -0.116. The summed E-state index contributed by atoms with van der Waals surface area (Å²) in [7, 11) is 0. The average molecular weight is 266 g/mol. The van der Waals surface area contributed by atoms with Crippen molar-refractivity contribution in [1.82, 2.24) is 0 Å². The number of benzene rings is 2. The first-order valence-electron chi connectivity index (χ1n) is 6.96. The van der Waals surface area contributed by atoms with E-state index in [1.807, 2.05) is 18.2 Å². The second-order valence-corrected chi connectivity index (χ2v) is 5.20. The number of aryl methyl sites for hydroxylation is 1. The Morgan fingerprint density at radius 3 is 2.70 bits per heavy atom. The lowest BCUT2D eigenvalue weighted by Gasteiger charge is -2.20. The zero-order valence-corrected chi connectivity index (χ0v) is 11.5. The topological polar surface area (TPSA) is 41.1 Å². The normalized spacial score (nSPS) is 15.2. The maximum absolute atomic E-state index is 11.3. The third-order valence-electron chi connectivity index (χ3n) is 3.68. The summed E-state index contributed by atoms with van der Waals surface area (Å²) in [5, 5.41) is 6.41. The first kappa shape index (κ1) is 12.7. The van der Waals surface area contributed by atoms with Crippen molar-refractivity contribution < 1.29 is 4.79 Å². The van der Waals surface area contributed by atoms with Gasteiger partial charge in [0.1, 0.15) is 0 Å². The number of rotatable bonds is 3. The molecule has 102 valence electrons. The van der Waals surface area contributed by atoms with Crippen molar-refractivity contribution in [2.75, 3.05) is 10.6 Å². The average Bonchev–Trinajstić information content (AvgIpc) is 2.48. The van der Waals surface area contributed by atoms with E-state index in [2.05, 4.69) is 47.9 Å². The summed E-state index contributed by atoms with van der Waals surface area (Å²) < 4.78 is 0. The highest BCUT2D eigenvalue weighted by atomic mass is 16.1. The van der Waals surface area contributed by atoms with Crippen LogP contribution in [0.15, 0.2) is 48.5 Å². The maximum atomic E-state index is 11.3. The lowest BCUT2D eigenvalue weighted by atomic mass is 10.0. The molecule has 0 saturated heterocycles. The summed E-state index contributed by atoms with van der Waals surface area (Å²) in [5.74, 6) is 0.107. The van der Waals surface area contributed by atoms with Crippen LogP contribution in [0, 0.1) is 0 Å². The molecular formula is C17H18N2O. The second kappa shape index (κ2) is 5.37. The first-order chi connectivity index (χ1) is 9.72. The molecule has 1 aliphatic heterocycles. The molecule has 0 aliphatic carbocycles. The summed E-state index contributed by atoms with van der Waals surface area (Å²) in [6.45, 7) is 2.15. The van der Waals surface area contributed by atoms with Gasteiger partial charge in [0, 0.05) is 23.8 Å². The molecule has 0 bridgehead atoms. The smallest absolute Gasteiger partial charge is 0.224 e. The largest absolute Gasteiger partial charge is 0.379 e. The molecule has 0 fully saturated rings. The van der Waals surface area contributed by atoms with Gasteiger partial charge in [-0.3, -0.25) is 4.79 Å². The van der Waals surface area contributed by atoms with E-state index < -0.39 is 0 Å². The summed E-state index contributed by atoms with van der Waals surface area (Å²) in [4.78, 5) is 11.3. The number of nitrogens with one attached hydrogen (secondary N) is 2. The Hall–Kier alpha value is -2.29. The van der Waals surface area contributed by atoms with E-state index in [-0.39, 0.29) is 11.9 Å². The van der Waals surface area contributed by atoms with Gasteiger partial charge in [-0.15, -0.1) is 0 Å². The standard InChI is InChI=1S/C17H18N2O/c1-12(13-5-3-2-4-6-13)18-15-8-9-16-14(11-15)7-10-17(20)19-16/h2-6,8-9,11-12,18H,7,10H2,1H3,(H,19,20). The van der Waals surface area contributed by atoms with E-state index in [9.17, 15) is 4.79 Å². The maximum Gasteiger partial charge on any atom is 0.224 e. The molecule has 2 aromatic carbocycles. The van der Waals surface area contributed by atoms with E-state index in [1.54, 1.807) is 0 Å². The molecule has 3 rings (SSSR count). The molecule has 2 N–H and O–H groups in total. The van der Waals surface area contributed by atoms with E-state index >= 15 is 0 Å². The minimum absolute atomic E-state index is 0.107. The third kappa shape index (κ3) is 2.67. The van der Waals surface area contributed by atoms with Gasteiger partial charge in [0.05, 0.1) is 0 Å². The van der Waals surface area contributed by atoms with Crippen molar-refractivity contribution in [2.45, 2.75) is 25.8 Å². The minimum atomic E-state index is 0.107. The third-order valence-corrected chi connectivity index (χ3v) is 3.68. The predicted octanol–water partition coefficient (Wildman–Crippen LogP) is 3.74. The van der Waals surface area contributed by atoms with E-state index in [1.165, 1.54) is 11.1 Å². The molecule has 3 nitrogen and oxygen atoms in total. The number of hydrogen-bond donors (Lipinski definition) is 2. The van der Waals surface area contributed by atoms with Crippen molar-refractivity contribution in [1.29, 1.82) is 0 Å². The molecule has 1 amide bonds. The quantitative estimate of drug-likeness (QED) is 0.888. The molecule has 1 unspecified atom stereocenters. The molecule has 2 aromatic rings. The lowest BCUT2D eigenvalue weighted by Crippen LogP contribution is -2.19. The molecule has 0 saturated carbocycles. The van der Waals surface area contributed by atoms with E-state index in [0.717, 1.165) is 17.8 Å². The fourth-order valence-corrected chi connectivity index (χ4v) is 2.55. The molecule has 1 aliphatic rings. The van der Waals surface area contributed by atoms with Gasteiger partial charge in [0.15, 0.2) is 0 Å².